The lowest BCUT2D eigenvalue weighted by molar-refractivity contribution is 0.124. The molecule has 0 aliphatic heterocycles. The van der Waals surface area contributed by atoms with Crippen LogP contribution >= 0.6 is 0 Å². The molecule has 1 saturated carbocycles. The number of para-hydroxylation sites is 1. The van der Waals surface area contributed by atoms with Crippen LogP contribution in [0.1, 0.15) is 39.0 Å². The fourth-order valence-corrected chi connectivity index (χ4v) is 3.54. The number of isocyanates is 1. The molecular formula is C19H22N2O2. The zero-order chi connectivity index (χ0) is 16.1. The van der Waals surface area contributed by atoms with Crippen LogP contribution in [0.25, 0.3) is 10.9 Å². The third-order valence-electron chi connectivity index (χ3n) is 4.80. The summed E-state index contributed by atoms with van der Waals surface area (Å²) < 4.78 is 6.24. The first-order valence-electron chi connectivity index (χ1n) is 8.39. The number of nitrogens with zero attached hydrogens (tertiary/aromatic N) is 2. The van der Waals surface area contributed by atoms with Gasteiger partial charge < -0.3 is 4.74 Å². The Hall–Kier alpha value is -2.19. The van der Waals surface area contributed by atoms with E-state index in [0.29, 0.717) is 5.92 Å². The summed E-state index contributed by atoms with van der Waals surface area (Å²) in [5, 5.41) is 1.06. The Labute approximate surface area is 136 Å². The number of hydrogen-bond donors (Lipinski definition) is 0. The number of aliphatic imine (C=N–C) groups is 1. The molecule has 0 amide bonds. The lowest BCUT2D eigenvalue weighted by atomic mass is 9.82. The van der Waals surface area contributed by atoms with Gasteiger partial charge in [-0.15, -0.1) is 0 Å². The third kappa shape index (κ3) is 3.59. The molecule has 1 atom stereocenters. The fraction of sp³-hybridized carbons (Fsp3) is 0.474. The van der Waals surface area contributed by atoms with Crippen molar-refractivity contribution < 1.29 is 9.53 Å². The molecule has 1 unspecified atom stereocenters. The van der Waals surface area contributed by atoms with Crippen LogP contribution in [0.5, 0.6) is 5.75 Å². The lowest BCUT2D eigenvalue weighted by Crippen LogP contribution is -2.29. The van der Waals surface area contributed by atoms with E-state index >= 15 is 0 Å². The molecule has 0 spiro atoms. The van der Waals surface area contributed by atoms with Crippen molar-refractivity contribution in [1.29, 1.82) is 0 Å². The van der Waals surface area contributed by atoms with Crippen molar-refractivity contribution in [1.82, 2.24) is 4.98 Å². The topological polar surface area (TPSA) is 51.5 Å². The molecule has 0 N–H and O–H groups in total. The SMILES string of the molecule is CCC(N=C=O)[C@H]1CC[C@H](Oc2ccnc3ccccc23)CC1. The molecule has 23 heavy (non-hydrogen) atoms. The summed E-state index contributed by atoms with van der Waals surface area (Å²) in [5.41, 5.74) is 0.963. The molecule has 4 heteroatoms. The highest BCUT2D eigenvalue weighted by atomic mass is 16.5. The highest BCUT2D eigenvalue weighted by molar-refractivity contribution is 5.84. The molecule has 0 saturated heterocycles. The van der Waals surface area contributed by atoms with E-state index in [-0.39, 0.29) is 12.1 Å². The van der Waals surface area contributed by atoms with Gasteiger partial charge in [0.25, 0.3) is 0 Å². The molecule has 1 aromatic heterocycles. The lowest BCUT2D eigenvalue weighted by Gasteiger charge is -2.31. The van der Waals surface area contributed by atoms with Crippen molar-refractivity contribution >= 4 is 17.0 Å². The maximum atomic E-state index is 10.5. The maximum Gasteiger partial charge on any atom is 0.235 e. The van der Waals surface area contributed by atoms with Gasteiger partial charge >= 0.3 is 0 Å². The van der Waals surface area contributed by atoms with Crippen molar-refractivity contribution in [2.75, 3.05) is 0 Å². The van der Waals surface area contributed by atoms with Gasteiger partial charge in [-0.25, -0.2) is 9.79 Å². The predicted octanol–water partition coefficient (Wildman–Crippen LogP) is 4.29. The van der Waals surface area contributed by atoms with E-state index in [4.69, 9.17) is 4.74 Å². The Balaban J connectivity index is 1.65. The average molecular weight is 310 g/mol. The minimum atomic E-state index is 0.121. The van der Waals surface area contributed by atoms with Crippen molar-refractivity contribution in [3.05, 3.63) is 36.5 Å². The second kappa shape index (κ2) is 7.38. The number of hydrogen-bond acceptors (Lipinski definition) is 4. The first kappa shape index (κ1) is 15.7. The summed E-state index contributed by atoms with van der Waals surface area (Å²) in [6.07, 6.45) is 8.78. The van der Waals surface area contributed by atoms with E-state index in [9.17, 15) is 4.79 Å². The summed E-state index contributed by atoms with van der Waals surface area (Å²) in [7, 11) is 0. The van der Waals surface area contributed by atoms with Gasteiger partial charge in [0.15, 0.2) is 0 Å². The predicted molar refractivity (Wildman–Crippen MR) is 90.3 cm³/mol. The number of aromatic nitrogens is 1. The Kier molecular flexibility index (Phi) is 5.04. The summed E-state index contributed by atoms with van der Waals surface area (Å²) in [5.74, 6) is 1.40. The molecular weight excluding hydrogens is 288 g/mol. The quantitative estimate of drug-likeness (QED) is 0.611. The normalized spacial score (nSPS) is 22.3. The minimum Gasteiger partial charge on any atom is -0.490 e. The van der Waals surface area contributed by atoms with Crippen LogP contribution in [0, 0.1) is 5.92 Å². The van der Waals surface area contributed by atoms with Crippen LogP contribution < -0.4 is 4.74 Å². The van der Waals surface area contributed by atoms with E-state index in [1.54, 1.807) is 12.3 Å². The second-order valence-electron chi connectivity index (χ2n) is 6.18. The van der Waals surface area contributed by atoms with E-state index in [0.717, 1.165) is 48.8 Å². The molecule has 3 rings (SSSR count). The smallest absolute Gasteiger partial charge is 0.235 e. The Morgan fingerprint density at radius 3 is 2.78 bits per heavy atom. The molecule has 1 fully saturated rings. The van der Waals surface area contributed by atoms with Gasteiger partial charge in [-0.2, -0.15) is 0 Å². The summed E-state index contributed by atoms with van der Waals surface area (Å²) in [6.45, 7) is 2.08. The van der Waals surface area contributed by atoms with Crippen LogP contribution in [0.3, 0.4) is 0 Å². The highest BCUT2D eigenvalue weighted by Gasteiger charge is 2.27. The van der Waals surface area contributed by atoms with E-state index < -0.39 is 0 Å². The summed E-state index contributed by atoms with van der Waals surface area (Å²) >= 11 is 0. The van der Waals surface area contributed by atoms with Crippen molar-refractivity contribution in [3.63, 3.8) is 0 Å². The van der Waals surface area contributed by atoms with E-state index in [1.165, 1.54) is 0 Å². The Morgan fingerprint density at radius 1 is 1.26 bits per heavy atom. The van der Waals surface area contributed by atoms with Crippen LogP contribution in [-0.2, 0) is 4.79 Å². The van der Waals surface area contributed by atoms with Crippen molar-refractivity contribution in [3.8, 4) is 5.75 Å². The highest BCUT2D eigenvalue weighted by Crippen LogP contribution is 2.33. The zero-order valence-electron chi connectivity index (χ0n) is 13.4. The molecule has 0 bridgehead atoms. The molecule has 1 aliphatic carbocycles. The number of ether oxygens (including phenoxy) is 1. The maximum absolute atomic E-state index is 10.5. The largest absolute Gasteiger partial charge is 0.490 e. The van der Waals surface area contributed by atoms with Crippen molar-refractivity contribution in [2.24, 2.45) is 10.9 Å². The molecule has 1 aliphatic rings. The molecule has 4 nitrogen and oxygen atoms in total. The molecule has 120 valence electrons. The second-order valence-corrected chi connectivity index (χ2v) is 6.18. The Morgan fingerprint density at radius 2 is 2.04 bits per heavy atom. The molecule has 1 heterocycles. The molecule has 2 aromatic rings. The molecule has 1 aromatic carbocycles. The van der Waals surface area contributed by atoms with Gasteiger partial charge in [-0.1, -0.05) is 19.1 Å². The molecule has 0 radical (unpaired) electrons. The number of pyridine rings is 1. The fourth-order valence-electron chi connectivity index (χ4n) is 3.54. The Bertz CT molecular complexity index is 696. The van der Waals surface area contributed by atoms with Crippen LogP contribution in [0.4, 0.5) is 0 Å². The zero-order valence-corrected chi connectivity index (χ0v) is 13.4. The van der Waals surface area contributed by atoms with Gasteiger partial charge in [-0.05, 0) is 56.2 Å². The van der Waals surface area contributed by atoms with Crippen LogP contribution in [0.2, 0.25) is 0 Å². The van der Waals surface area contributed by atoms with Gasteiger partial charge in [-0.3, -0.25) is 4.98 Å². The number of benzene rings is 1. The number of carbonyl (C=O) groups excluding carboxylic acids is 1. The first-order chi connectivity index (χ1) is 11.3. The average Bonchev–Trinajstić information content (AvgIpc) is 2.61. The minimum absolute atomic E-state index is 0.121. The van der Waals surface area contributed by atoms with E-state index in [1.807, 2.05) is 24.3 Å². The van der Waals surface area contributed by atoms with E-state index in [2.05, 4.69) is 23.0 Å². The van der Waals surface area contributed by atoms with Crippen LogP contribution in [0.15, 0.2) is 41.5 Å². The van der Waals surface area contributed by atoms with Gasteiger partial charge in [0.2, 0.25) is 6.08 Å². The summed E-state index contributed by atoms with van der Waals surface area (Å²) in [4.78, 5) is 18.9. The van der Waals surface area contributed by atoms with Gasteiger partial charge in [0.05, 0.1) is 17.7 Å². The van der Waals surface area contributed by atoms with Gasteiger partial charge in [0, 0.05) is 11.6 Å². The number of fused-ring (bicyclic) bond motifs is 1. The van der Waals surface area contributed by atoms with Gasteiger partial charge in [0.1, 0.15) is 5.75 Å². The third-order valence-corrected chi connectivity index (χ3v) is 4.80. The van der Waals surface area contributed by atoms with Crippen LogP contribution in [-0.4, -0.2) is 23.2 Å². The standard InChI is InChI=1S/C19H22N2O2/c1-2-17(21-13-22)14-7-9-15(10-8-14)23-19-11-12-20-18-6-4-3-5-16(18)19/h3-6,11-12,14-15,17H,2,7-10H2,1H3/t14-,15-,17?. The first-order valence-corrected chi connectivity index (χ1v) is 8.39. The monoisotopic (exact) mass is 310 g/mol. The summed E-state index contributed by atoms with van der Waals surface area (Å²) in [6, 6.07) is 10.1. The van der Waals surface area contributed by atoms with Crippen molar-refractivity contribution in [2.45, 2.75) is 51.2 Å². The number of rotatable bonds is 5.